The quantitative estimate of drug-likeness (QED) is 0.851. The lowest BCUT2D eigenvalue weighted by Gasteiger charge is -2.22. The van der Waals surface area contributed by atoms with Gasteiger partial charge in [-0.15, -0.1) is 12.4 Å². The highest BCUT2D eigenvalue weighted by Gasteiger charge is 2.43. The summed E-state index contributed by atoms with van der Waals surface area (Å²) in [5.41, 5.74) is 1.31. The van der Waals surface area contributed by atoms with E-state index in [9.17, 15) is 4.79 Å². The van der Waals surface area contributed by atoms with Gasteiger partial charge in [-0.25, -0.2) is 0 Å². The maximum absolute atomic E-state index is 12.4. The van der Waals surface area contributed by atoms with Crippen LogP contribution >= 0.6 is 12.4 Å². The molecular weight excluding hydrogens is 332 g/mol. The molecule has 2 aliphatic rings. The second-order valence-corrected chi connectivity index (χ2v) is 7.35. The van der Waals surface area contributed by atoms with E-state index in [1.165, 1.54) is 29.2 Å². The van der Waals surface area contributed by atoms with Crippen molar-refractivity contribution in [1.82, 2.24) is 10.6 Å². The maximum Gasteiger partial charge on any atom is 0.223 e. The van der Waals surface area contributed by atoms with Crippen molar-refractivity contribution in [2.75, 3.05) is 19.6 Å². The lowest BCUT2D eigenvalue weighted by atomic mass is 9.96. The summed E-state index contributed by atoms with van der Waals surface area (Å²) in [6.07, 6.45) is 4.67. The summed E-state index contributed by atoms with van der Waals surface area (Å²) in [7, 11) is 0. The van der Waals surface area contributed by atoms with Gasteiger partial charge in [0.15, 0.2) is 0 Å². The van der Waals surface area contributed by atoms with E-state index in [0.29, 0.717) is 5.92 Å². The van der Waals surface area contributed by atoms with E-state index in [2.05, 4.69) is 53.1 Å². The Morgan fingerprint density at radius 2 is 2.00 bits per heavy atom. The third-order valence-electron chi connectivity index (χ3n) is 5.58. The molecule has 3 nitrogen and oxygen atoms in total. The van der Waals surface area contributed by atoms with Gasteiger partial charge >= 0.3 is 0 Å². The number of nitrogens with one attached hydrogen (secondary N) is 2. The van der Waals surface area contributed by atoms with Crippen LogP contribution < -0.4 is 10.6 Å². The van der Waals surface area contributed by atoms with Gasteiger partial charge in [0.1, 0.15) is 0 Å². The first-order valence-electron chi connectivity index (χ1n) is 9.28. The van der Waals surface area contributed by atoms with Crippen LogP contribution in [0.2, 0.25) is 0 Å². The normalized spacial score (nSPS) is 25.2. The minimum absolute atomic E-state index is 0. The third kappa shape index (κ3) is 4.34. The molecule has 1 aliphatic carbocycles. The Morgan fingerprint density at radius 1 is 1.16 bits per heavy atom. The van der Waals surface area contributed by atoms with E-state index in [4.69, 9.17) is 0 Å². The van der Waals surface area contributed by atoms with E-state index in [-0.39, 0.29) is 24.2 Å². The van der Waals surface area contributed by atoms with Crippen LogP contribution in [-0.2, 0) is 4.79 Å². The Bertz CT molecular complexity index is 727. The number of carbonyl (C=O) groups is 1. The fourth-order valence-corrected chi connectivity index (χ4v) is 3.99. The van der Waals surface area contributed by atoms with Gasteiger partial charge in [-0.1, -0.05) is 42.5 Å². The predicted octanol–water partition coefficient (Wildman–Crippen LogP) is 3.87. The van der Waals surface area contributed by atoms with E-state index >= 15 is 0 Å². The van der Waals surface area contributed by atoms with Crippen molar-refractivity contribution in [3.8, 4) is 0 Å². The average molecular weight is 359 g/mol. The zero-order valence-electron chi connectivity index (χ0n) is 14.5. The molecule has 4 heteroatoms. The first kappa shape index (κ1) is 18.2. The Labute approximate surface area is 156 Å². The van der Waals surface area contributed by atoms with E-state index < -0.39 is 0 Å². The Morgan fingerprint density at radius 3 is 2.80 bits per heavy atom. The second-order valence-electron chi connectivity index (χ2n) is 7.35. The average Bonchev–Trinajstić information content (AvgIpc) is 3.43. The third-order valence-corrected chi connectivity index (χ3v) is 5.58. The van der Waals surface area contributed by atoms with E-state index in [0.717, 1.165) is 38.4 Å². The molecule has 2 N–H and O–H groups in total. The zero-order chi connectivity index (χ0) is 16.4. The molecule has 134 valence electrons. The topological polar surface area (TPSA) is 41.1 Å². The molecule has 4 rings (SSSR count). The maximum atomic E-state index is 12.4. The van der Waals surface area contributed by atoms with Crippen LogP contribution in [0.3, 0.4) is 0 Å². The molecule has 1 heterocycles. The number of benzene rings is 2. The number of fused-ring (bicyclic) bond motifs is 1. The van der Waals surface area contributed by atoms with Crippen LogP contribution in [0.25, 0.3) is 10.8 Å². The molecule has 0 radical (unpaired) electrons. The van der Waals surface area contributed by atoms with Gasteiger partial charge in [-0.05, 0) is 66.9 Å². The van der Waals surface area contributed by atoms with Gasteiger partial charge in [-0.3, -0.25) is 4.79 Å². The molecule has 0 aromatic heterocycles. The lowest BCUT2D eigenvalue weighted by Crippen LogP contribution is -2.33. The molecule has 1 aliphatic heterocycles. The molecule has 1 saturated heterocycles. The molecule has 0 bridgehead atoms. The minimum atomic E-state index is 0. The van der Waals surface area contributed by atoms with Gasteiger partial charge in [-0.2, -0.15) is 0 Å². The van der Waals surface area contributed by atoms with E-state index in [1.807, 2.05) is 0 Å². The molecule has 2 aromatic rings. The molecule has 2 aromatic carbocycles. The monoisotopic (exact) mass is 358 g/mol. The van der Waals surface area contributed by atoms with Crippen molar-refractivity contribution in [2.24, 2.45) is 11.8 Å². The highest BCUT2D eigenvalue weighted by Crippen LogP contribution is 2.48. The van der Waals surface area contributed by atoms with Crippen molar-refractivity contribution in [2.45, 2.75) is 31.6 Å². The van der Waals surface area contributed by atoms with Gasteiger partial charge in [0.2, 0.25) is 5.91 Å². The largest absolute Gasteiger partial charge is 0.356 e. The Hall–Kier alpha value is -1.58. The van der Waals surface area contributed by atoms with Crippen LogP contribution in [-0.4, -0.2) is 25.5 Å². The molecular formula is C21H27ClN2O. The molecule has 3 atom stereocenters. The minimum Gasteiger partial charge on any atom is -0.356 e. The summed E-state index contributed by atoms with van der Waals surface area (Å²) in [6, 6.07) is 15.0. The summed E-state index contributed by atoms with van der Waals surface area (Å²) in [6.45, 7) is 3.09. The van der Waals surface area contributed by atoms with Crippen LogP contribution in [0.15, 0.2) is 42.5 Å². The number of rotatable bonds is 5. The number of amides is 1. The molecule has 1 amide bonds. The van der Waals surface area contributed by atoms with Crippen LogP contribution in [0.4, 0.5) is 0 Å². The van der Waals surface area contributed by atoms with Crippen LogP contribution in [0, 0.1) is 11.8 Å². The number of hydrogen-bond acceptors (Lipinski definition) is 2. The highest BCUT2D eigenvalue weighted by atomic mass is 35.5. The molecule has 0 spiro atoms. The Balaban J connectivity index is 0.00000182. The zero-order valence-corrected chi connectivity index (χ0v) is 15.4. The standard InChI is InChI=1S/C21H26N2O.ClH/c24-21(23-11-9-15-4-3-10-22-14-15)20-13-19(20)18-8-7-16-5-1-2-6-17(16)12-18;/h1-2,5-8,12,15,19-20,22H,3-4,9-11,13-14H2,(H,23,24);1H. The number of piperidine rings is 1. The molecule has 3 unspecified atom stereocenters. The Kier molecular flexibility index (Phi) is 5.98. The molecule has 2 fully saturated rings. The number of hydrogen-bond donors (Lipinski definition) is 2. The van der Waals surface area contributed by atoms with Crippen molar-refractivity contribution in [1.29, 1.82) is 0 Å². The van der Waals surface area contributed by atoms with Gasteiger partial charge in [0, 0.05) is 12.5 Å². The van der Waals surface area contributed by atoms with Gasteiger partial charge in [0.25, 0.3) is 0 Å². The lowest BCUT2D eigenvalue weighted by molar-refractivity contribution is -0.122. The van der Waals surface area contributed by atoms with E-state index in [1.54, 1.807) is 0 Å². The highest BCUT2D eigenvalue weighted by molar-refractivity contribution is 5.86. The van der Waals surface area contributed by atoms with Gasteiger partial charge < -0.3 is 10.6 Å². The smallest absolute Gasteiger partial charge is 0.223 e. The molecule has 1 saturated carbocycles. The number of carbonyl (C=O) groups excluding carboxylic acids is 1. The molecule has 25 heavy (non-hydrogen) atoms. The number of halogens is 1. The van der Waals surface area contributed by atoms with Crippen molar-refractivity contribution >= 4 is 29.1 Å². The van der Waals surface area contributed by atoms with Gasteiger partial charge in [0.05, 0.1) is 0 Å². The first-order valence-corrected chi connectivity index (χ1v) is 9.28. The van der Waals surface area contributed by atoms with Crippen LogP contribution in [0.5, 0.6) is 0 Å². The van der Waals surface area contributed by atoms with Crippen LogP contribution in [0.1, 0.15) is 37.2 Å². The summed E-state index contributed by atoms with van der Waals surface area (Å²) in [4.78, 5) is 12.4. The van der Waals surface area contributed by atoms with Crippen molar-refractivity contribution in [3.63, 3.8) is 0 Å². The summed E-state index contributed by atoms with van der Waals surface area (Å²) in [5.74, 6) is 1.56. The van der Waals surface area contributed by atoms with Crippen molar-refractivity contribution in [3.05, 3.63) is 48.0 Å². The first-order chi connectivity index (χ1) is 11.8. The second kappa shape index (κ2) is 8.20. The van der Waals surface area contributed by atoms with Crippen molar-refractivity contribution < 1.29 is 4.79 Å². The fourth-order valence-electron chi connectivity index (χ4n) is 3.99. The summed E-state index contributed by atoms with van der Waals surface area (Å²) in [5, 5.41) is 9.14. The summed E-state index contributed by atoms with van der Waals surface area (Å²) >= 11 is 0. The summed E-state index contributed by atoms with van der Waals surface area (Å²) < 4.78 is 0. The fraction of sp³-hybridized carbons (Fsp3) is 0.476. The predicted molar refractivity (Wildman–Crippen MR) is 105 cm³/mol. The SMILES string of the molecule is Cl.O=C(NCCC1CCCNC1)C1CC1c1ccc2ccccc2c1.